The van der Waals surface area contributed by atoms with Crippen LogP contribution in [0.15, 0.2) is 28.1 Å². The van der Waals surface area contributed by atoms with Gasteiger partial charge in [-0.05, 0) is 62.9 Å². The SMILES string of the molecule is CCNC(=NCc1ccc(S(C)(=O)=O)c(C)c1)NCC(C(C)C)N1CCCCCC1.I. The number of benzene rings is 1. The highest BCUT2D eigenvalue weighted by atomic mass is 127. The van der Waals surface area contributed by atoms with E-state index in [4.69, 9.17) is 4.99 Å². The van der Waals surface area contributed by atoms with Crippen molar-refractivity contribution < 1.29 is 8.42 Å². The van der Waals surface area contributed by atoms with Gasteiger partial charge < -0.3 is 10.6 Å². The van der Waals surface area contributed by atoms with Crippen molar-refractivity contribution >= 4 is 39.8 Å². The van der Waals surface area contributed by atoms with E-state index in [1.807, 2.05) is 19.1 Å². The zero-order valence-corrected chi connectivity index (χ0v) is 22.9. The standard InChI is InChI=1S/C23H40N4O2S.HI/c1-6-24-23(25-16-20-11-12-22(19(4)15-20)30(5,28)29)26-17-21(18(2)3)27-13-9-7-8-10-14-27;/h11-12,15,18,21H,6-10,13-14,16-17H2,1-5H3,(H2,24,25,26);1H. The lowest BCUT2D eigenvalue weighted by Gasteiger charge is -2.34. The van der Waals surface area contributed by atoms with Gasteiger partial charge in [-0.2, -0.15) is 0 Å². The van der Waals surface area contributed by atoms with E-state index in [9.17, 15) is 8.42 Å². The Morgan fingerprint density at radius 1 is 1.13 bits per heavy atom. The average Bonchev–Trinajstić information content (AvgIpc) is 2.94. The summed E-state index contributed by atoms with van der Waals surface area (Å²) in [5, 5.41) is 6.88. The van der Waals surface area contributed by atoms with Crippen LogP contribution >= 0.6 is 24.0 Å². The molecule has 1 aliphatic heterocycles. The quantitative estimate of drug-likeness (QED) is 0.284. The largest absolute Gasteiger partial charge is 0.357 e. The number of nitrogens with zero attached hydrogens (tertiary/aromatic N) is 2. The maximum absolute atomic E-state index is 11.8. The molecule has 1 aliphatic rings. The minimum atomic E-state index is -3.20. The van der Waals surface area contributed by atoms with Crippen LogP contribution in [0.2, 0.25) is 0 Å². The molecule has 1 unspecified atom stereocenters. The predicted octanol–water partition coefficient (Wildman–Crippen LogP) is 3.97. The first kappa shape index (κ1) is 28.2. The van der Waals surface area contributed by atoms with Crippen LogP contribution < -0.4 is 10.6 Å². The molecule has 0 saturated carbocycles. The Morgan fingerprint density at radius 3 is 2.29 bits per heavy atom. The van der Waals surface area contributed by atoms with Gasteiger partial charge in [-0.3, -0.25) is 4.90 Å². The molecule has 1 heterocycles. The van der Waals surface area contributed by atoms with Crippen molar-refractivity contribution in [2.24, 2.45) is 10.9 Å². The highest BCUT2D eigenvalue weighted by Gasteiger charge is 2.23. The van der Waals surface area contributed by atoms with Crippen LogP contribution in [-0.4, -0.2) is 57.8 Å². The van der Waals surface area contributed by atoms with Crippen LogP contribution in [0.3, 0.4) is 0 Å². The molecule has 1 aromatic rings. The van der Waals surface area contributed by atoms with Gasteiger partial charge in [-0.25, -0.2) is 13.4 Å². The number of sulfone groups is 1. The molecule has 0 aliphatic carbocycles. The summed E-state index contributed by atoms with van der Waals surface area (Å²) in [6.07, 6.45) is 6.52. The van der Waals surface area contributed by atoms with E-state index in [2.05, 4.69) is 36.3 Å². The molecule has 2 N–H and O–H groups in total. The normalized spacial score (nSPS) is 17.0. The number of aliphatic imine (C=N–C) groups is 1. The summed E-state index contributed by atoms with van der Waals surface area (Å²) >= 11 is 0. The third-order valence-corrected chi connectivity index (χ3v) is 7.02. The predicted molar refractivity (Wildman–Crippen MR) is 141 cm³/mol. The molecule has 0 spiro atoms. The van der Waals surface area contributed by atoms with Gasteiger partial charge in [0.05, 0.1) is 11.4 Å². The summed E-state index contributed by atoms with van der Waals surface area (Å²) < 4.78 is 23.6. The van der Waals surface area contributed by atoms with Gasteiger partial charge in [0.1, 0.15) is 0 Å². The second-order valence-corrected chi connectivity index (χ2v) is 10.7. The zero-order chi connectivity index (χ0) is 22.1. The van der Waals surface area contributed by atoms with Crippen molar-refractivity contribution in [2.75, 3.05) is 32.4 Å². The Kier molecular flexibility index (Phi) is 12.4. The highest BCUT2D eigenvalue weighted by Crippen LogP contribution is 2.18. The van der Waals surface area contributed by atoms with Crippen LogP contribution in [0.4, 0.5) is 0 Å². The molecular weight excluding hydrogens is 523 g/mol. The van der Waals surface area contributed by atoms with Gasteiger partial charge in [-0.15, -0.1) is 24.0 Å². The van der Waals surface area contributed by atoms with Crippen LogP contribution in [0.1, 0.15) is 57.6 Å². The molecule has 1 aromatic carbocycles. The number of likely N-dealkylation sites (tertiary alicyclic amines) is 1. The monoisotopic (exact) mass is 564 g/mol. The van der Waals surface area contributed by atoms with Gasteiger partial charge in [0.15, 0.2) is 15.8 Å². The summed E-state index contributed by atoms with van der Waals surface area (Å²) in [6.45, 7) is 13.0. The van der Waals surface area contributed by atoms with Gasteiger partial charge in [0, 0.05) is 25.4 Å². The fourth-order valence-corrected chi connectivity index (χ4v) is 5.11. The minimum Gasteiger partial charge on any atom is -0.357 e. The molecule has 2 rings (SSSR count). The molecule has 8 heteroatoms. The number of halogens is 1. The molecule has 0 amide bonds. The fourth-order valence-electron chi connectivity index (χ4n) is 4.15. The topological polar surface area (TPSA) is 73.8 Å². The molecule has 6 nitrogen and oxygen atoms in total. The molecule has 1 saturated heterocycles. The molecule has 178 valence electrons. The lowest BCUT2D eigenvalue weighted by Crippen LogP contribution is -2.49. The van der Waals surface area contributed by atoms with E-state index in [0.717, 1.165) is 30.2 Å². The maximum atomic E-state index is 11.8. The number of guanidine groups is 1. The summed E-state index contributed by atoms with van der Waals surface area (Å²) in [5.74, 6) is 1.38. The van der Waals surface area contributed by atoms with Crippen molar-refractivity contribution in [1.29, 1.82) is 0 Å². The van der Waals surface area contributed by atoms with Crippen LogP contribution in [0.25, 0.3) is 0 Å². The van der Waals surface area contributed by atoms with E-state index in [0.29, 0.717) is 23.4 Å². The molecule has 0 bridgehead atoms. The second-order valence-electron chi connectivity index (χ2n) is 8.71. The number of rotatable bonds is 8. The third kappa shape index (κ3) is 9.26. The first-order valence-corrected chi connectivity index (χ1v) is 13.2. The zero-order valence-electron chi connectivity index (χ0n) is 19.8. The van der Waals surface area contributed by atoms with E-state index in [1.54, 1.807) is 6.07 Å². The molecule has 0 radical (unpaired) electrons. The van der Waals surface area contributed by atoms with Crippen molar-refractivity contribution in [3.05, 3.63) is 29.3 Å². The molecule has 1 fully saturated rings. The number of nitrogens with one attached hydrogen (secondary N) is 2. The molecule has 0 aromatic heterocycles. The molecule has 1 atom stereocenters. The fraction of sp³-hybridized carbons (Fsp3) is 0.696. The smallest absolute Gasteiger partial charge is 0.191 e. The Labute approximate surface area is 206 Å². The van der Waals surface area contributed by atoms with Crippen LogP contribution in [0, 0.1) is 12.8 Å². The summed E-state index contributed by atoms with van der Waals surface area (Å²) in [7, 11) is -3.20. The number of hydrogen-bond donors (Lipinski definition) is 2. The Bertz CT molecular complexity index is 804. The van der Waals surface area contributed by atoms with Gasteiger partial charge in [0.2, 0.25) is 0 Å². The van der Waals surface area contributed by atoms with E-state index in [-0.39, 0.29) is 24.0 Å². The van der Waals surface area contributed by atoms with Crippen molar-refractivity contribution in [3.63, 3.8) is 0 Å². The average molecular weight is 565 g/mol. The van der Waals surface area contributed by atoms with Gasteiger partial charge in [-0.1, -0.05) is 38.8 Å². The van der Waals surface area contributed by atoms with Crippen LogP contribution in [-0.2, 0) is 16.4 Å². The molecule has 31 heavy (non-hydrogen) atoms. The second kappa shape index (κ2) is 13.6. The Balaban J connectivity index is 0.00000480. The highest BCUT2D eigenvalue weighted by molar-refractivity contribution is 14.0. The Morgan fingerprint density at radius 2 is 1.77 bits per heavy atom. The van der Waals surface area contributed by atoms with Gasteiger partial charge in [0.25, 0.3) is 0 Å². The van der Waals surface area contributed by atoms with Crippen molar-refractivity contribution in [2.45, 2.75) is 70.9 Å². The van der Waals surface area contributed by atoms with Gasteiger partial charge >= 0.3 is 0 Å². The summed E-state index contributed by atoms with van der Waals surface area (Å²) in [6, 6.07) is 5.94. The number of aryl methyl sites for hydroxylation is 1. The third-order valence-electron chi connectivity index (χ3n) is 5.76. The van der Waals surface area contributed by atoms with E-state index in [1.165, 1.54) is 45.0 Å². The summed E-state index contributed by atoms with van der Waals surface area (Å²) in [4.78, 5) is 7.77. The first-order chi connectivity index (χ1) is 14.2. The van der Waals surface area contributed by atoms with Crippen molar-refractivity contribution in [3.8, 4) is 0 Å². The minimum absolute atomic E-state index is 0. The molecular formula is C23H41IN4O2S. The van der Waals surface area contributed by atoms with E-state index < -0.39 is 9.84 Å². The first-order valence-electron chi connectivity index (χ1n) is 11.3. The van der Waals surface area contributed by atoms with Crippen LogP contribution in [0.5, 0.6) is 0 Å². The maximum Gasteiger partial charge on any atom is 0.191 e. The van der Waals surface area contributed by atoms with E-state index >= 15 is 0 Å². The lowest BCUT2D eigenvalue weighted by atomic mass is 10.0. The lowest BCUT2D eigenvalue weighted by molar-refractivity contribution is 0.161. The number of hydrogen-bond acceptors (Lipinski definition) is 4. The van der Waals surface area contributed by atoms with Crippen molar-refractivity contribution in [1.82, 2.24) is 15.5 Å². The summed E-state index contributed by atoms with van der Waals surface area (Å²) in [5.41, 5.74) is 1.77. The Hall–Kier alpha value is -0.870.